The number of carbonyl (C=O) groups excluding carboxylic acids is 2. The number of amides is 2. The van der Waals surface area contributed by atoms with E-state index in [1.807, 2.05) is 31.2 Å². The number of rotatable bonds is 11. The van der Waals surface area contributed by atoms with Crippen LogP contribution in [0.25, 0.3) is 0 Å². The molecule has 0 aliphatic heterocycles. The summed E-state index contributed by atoms with van der Waals surface area (Å²) in [6.45, 7) is 6.92. The molecule has 2 amide bonds. The minimum atomic E-state index is -3.99. The maximum absolute atomic E-state index is 13.6. The number of nitro benzene ring substituents is 1. The Morgan fingerprint density at radius 2 is 1.74 bits per heavy atom. The van der Waals surface area contributed by atoms with Crippen molar-refractivity contribution in [1.82, 2.24) is 10.2 Å². The molecule has 1 atom stereocenters. The van der Waals surface area contributed by atoms with Crippen molar-refractivity contribution in [2.24, 2.45) is 0 Å². The summed E-state index contributed by atoms with van der Waals surface area (Å²) >= 11 is 0. The van der Waals surface area contributed by atoms with Crippen molar-refractivity contribution in [2.45, 2.75) is 46.7 Å². The highest BCUT2D eigenvalue weighted by Gasteiger charge is 2.32. The van der Waals surface area contributed by atoms with Gasteiger partial charge < -0.3 is 10.2 Å². The Morgan fingerprint density at radius 1 is 1.09 bits per heavy atom. The molecule has 2 aromatic carbocycles. The molecule has 0 bridgehead atoms. The van der Waals surface area contributed by atoms with Crippen molar-refractivity contribution in [3.63, 3.8) is 0 Å². The molecule has 11 heteroatoms. The molecule has 2 aromatic rings. The summed E-state index contributed by atoms with van der Waals surface area (Å²) in [5.41, 5.74) is 1.94. The van der Waals surface area contributed by atoms with Crippen LogP contribution in [-0.4, -0.2) is 55.4 Å². The number of nitrogens with zero attached hydrogens (tertiary/aromatic N) is 3. The third kappa shape index (κ3) is 7.01. The first-order valence-electron chi connectivity index (χ1n) is 11.2. The number of anilines is 1. The Hall–Kier alpha value is -3.47. The lowest BCUT2D eigenvalue weighted by Crippen LogP contribution is -2.52. The lowest BCUT2D eigenvalue weighted by molar-refractivity contribution is -0.384. The van der Waals surface area contributed by atoms with Crippen molar-refractivity contribution >= 4 is 33.2 Å². The topological polar surface area (TPSA) is 130 Å². The van der Waals surface area contributed by atoms with E-state index >= 15 is 0 Å². The Kier molecular flexibility index (Phi) is 9.35. The van der Waals surface area contributed by atoms with Crippen LogP contribution in [0.1, 0.15) is 37.0 Å². The number of aryl methyl sites for hydroxylation is 2. The molecule has 0 aromatic heterocycles. The molecule has 0 aliphatic carbocycles. The van der Waals surface area contributed by atoms with Gasteiger partial charge in [0.25, 0.3) is 5.69 Å². The van der Waals surface area contributed by atoms with Gasteiger partial charge >= 0.3 is 0 Å². The summed E-state index contributed by atoms with van der Waals surface area (Å²) in [6.07, 6.45) is 1.25. The molecule has 0 fully saturated rings. The van der Waals surface area contributed by atoms with E-state index in [1.165, 1.54) is 17.0 Å². The molecule has 35 heavy (non-hydrogen) atoms. The predicted octanol–water partition coefficient (Wildman–Crippen LogP) is 2.92. The zero-order valence-electron chi connectivity index (χ0n) is 20.6. The van der Waals surface area contributed by atoms with Crippen molar-refractivity contribution < 1.29 is 22.9 Å². The van der Waals surface area contributed by atoms with E-state index in [4.69, 9.17) is 0 Å². The van der Waals surface area contributed by atoms with Crippen molar-refractivity contribution in [3.05, 3.63) is 69.3 Å². The van der Waals surface area contributed by atoms with Crippen molar-refractivity contribution in [3.8, 4) is 0 Å². The summed E-state index contributed by atoms with van der Waals surface area (Å²) < 4.78 is 26.3. The Bertz CT molecular complexity index is 1200. The van der Waals surface area contributed by atoms with Gasteiger partial charge in [0.05, 0.1) is 16.9 Å². The van der Waals surface area contributed by atoms with E-state index in [-0.39, 0.29) is 23.8 Å². The summed E-state index contributed by atoms with van der Waals surface area (Å²) in [7, 11) is -3.99. The first-order valence-corrected chi connectivity index (χ1v) is 13.1. The minimum absolute atomic E-state index is 0.0388. The molecule has 0 saturated heterocycles. The number of hydrogen-bond acceptors (Lipinski definition) is 6. The lowest BCUT2D eigenvalue weighted by Gasteiger charge is -2.33. The quantitative estimate of drug-likeness (QED) is 0.370. The SMILES string of the molecule is CCNC(=O)[C@@H](CC)N(Cc1ccccc1C)C(=O)CN(c1cc([N+](=O)[O-])ccc1C)S(C)(=O)=O. The zero-order chi connectivity index (χ0) is 26.3. The number of non-ortho nitro benzene ring substituents is 1. The molecule has 0 heterocycles. The van der Waals surface area contributed by atoms with E-state index in [2.05, 4.69) is 5.32 Å². The second-order valence-electron chi connectivity index (χ2n) is 8.26. The normalized spacial score (nSPS) is 12.0. The van der Waals surface area contributed by atoms with Crippen LogP contribution in [0, 0.1) is 24.0 Å². The molecule has 0 saturated carbocycles. The van der Waals surface area contributed by atoms with Gasteiger partial charge in [-0.3, -0.25) is 24.0 Å². The van der Waals surface area contributed by atoms with E-state index in [1.54, 1.807) is 20.8 Å². The number of hydrogen-bond donors (Lipinski definition) is 1. The van der Waals surface area contributed by atoms with Crippen molar-refractivity contribution in [1.29, 1.82) is 0 Å². The fourth-order valence-electron chi connectivity index (χ4n) is 3.76. The van der Waals surface area contributed by atoms with E-state index < -0.39 is 33.4 Å². The fourth-order valence-corrected chi connectivity index (χ4v) is 4.66. The Labute approximate surface area is 206 Å². The van der Waals surface area contributed by atoms with Gasteiger partial charge in [-0.2, -0.15) is 0 Å². The predicted molar refractivity (Wildman–Crippen MR) is 135 cm³/mol. The molecule has 0 aliphatic rings. The number of carbonyl (C=O) groups is 2. The molecule has 0 unspecified atom stereocenters. The molecule has 0 spiro atoms. The summed E-state index contributed by atoms with van der Waals surface area (Å²) in [4.78, 5) is 38.5. The van der Waals surface area contributed by atoms with Gasteiger partial charge in [-0.1, -0.05) is 37.3 Å². The van der Waals surface area contributed by atoms with Crippen molar-refractivity contribution in [2.75, 3.05) is 23.7 Å². The smallest absolute Gasteiger partial charge is 0.271 e. The highest BCUT2D eigenvalue weighted by molar-refractivity contribution is 7.92. The third-order valence-corrected chi connectivity index (χ3v) is 6.82. The van der Waals surface area contributed by atoms with Crippen LogP contribution < -0.4 is 9.62 Å². The second kappa shape index (κ2) is 11.8. The number of nitrogens with one attached hydrogen (secondary N) is 1. The van der Waals surface area contributed by atoms with Gasteiger partial charge in [-0.05, 0) is 43.9 Å². The lowest BCUT2D eigenvalue weighted by atomic mass is 10.1. The molecular weight excluding hydrogens is 472 g/mol. The average Bonchev–Trinajstić information content (AvgIpc) is 2.78. The number of sulfonamides is 1. The molecule has 0 radical (unpaired) electrons. The van der Waals surface area contributed by atoms with Gasteiger partial charge in [0.1, 0.15) is 12.6 Å². The van der Waals surface area contributed by atoms with E-state index in [0.717, 1.165) is 27.8 Å². The van der Waals surface area contributed by atoms with Gasteiger partial charge in [0.2, 0.25) is 21.8 Å². The largest absolute Gasteiger partial charge is 0.355 e. The Morgan fingerprint density at radius 3 is 2.29 bits per heavy atom. The zero-order valence-corrected chi connectivity index (χ0v) is 21.5. The van der Waals surface area contributed by atoms with Crippen LogP contribution in [0.15, 0.2) is 42.5 Å². The van der Waals surface area contributed by atoms with Crippen LogP contribution in [0.4, 0.5) is 11.4 Å². The van der Waals surface area contributed by atoms with Crippen LogP contribution in [-0.2, 0) is 26.2 Å². The van der Waals surface area contributed by atoms with Gasteiger partial charge in [0.15, 0.2) is 0 Å². The summed E-state index contributed by atoms with van der Waals surface area (Å²) in [5.74, 6) is -0.933. The number of benzene rings is 2. The molecule has 10 nitrogen and oxygen atoms in total. The average molecular weight is 505 g/mol. The minimum Gasteiger partial charge on any atom is -0.355 e. The van der Waals surface area contributed by atoms with Gasteiger partial charge in [-0.15, -0.1) is 0 Å². The molecule has 190 valence electrons. The molecular formula is C24H32N4O6S. The highest BCUT2D eigenvalue weighted by Crippen LogP contribution is 2.28. The monoisotopic (exact) mass is 504 g/mol. The maximum Gasteiger partial charge on any atom is 0.271 e. The summed E-state index contributed by atoms with van der Waals surface area (Å²) in [6, 6.07) is 10.4. The maximum atomic E-state index is 13.6. The van der Waals surface area contributed by atoms with Crippen LogP contribution in [0.5, 0.6) is 0 Å². The first-order chi connectivity index (χ1) is 16.4. The number of likely N-dealkylation sites (N-methyl/N-ethyl adjacent to an activating group) is 1. The second-order valence-corrected chi connectivity index (χ2v) is 10.2. The summed E-state index contributed by atoms with van der Waals surface area (Å²) in [5, 5.41) is 14.0. The van der Waals surface area contributed by atoms with Crippen LogP contribution in [0.3, 0.4) is 0 Å². The van der Waals surface area contributed by atoms with Crippen LogP contribution in [0.2, 0.25) is 0 Å². The fraction of sp³-hybridized carbons (Fsp3) is 0.417. The number of nitro groups is 1. The highest BCUT2D eigenvalue weighted by atomic mass is 32.2. The first kappa shape index (κ1) is 27.8. The standard InChI is InChI=1S/C24H32N4O6S/c1-6-21(24(30)25-7-2)26(15-19-11-9-8-10-17(19)3)23(29)16-27(35(5,33)34)22-14-20(28(31)32)13-12-18(22)4/h8-14,21H,6-7,15-16H2,1-5H3,(H,25,30)/t21-/m1/s1. The molecule has 1 N–H and O–H groups in total. The van der Waals surface area contributed by atoms with E-state index in [9.17, 15) is 28.1 Å². The Balaban J connectivity index is 2.54. The third-order valence-electron chi connectivity index (χ3n) is 5.69. The van der Waals surface area contributed by atoms with E-state index in [0.29, 0.717) is 18.5 Å². The van der Waals surface area contributed by atoms with Gasteiger partial charge in [-0.25, -0.2) is 8.42 Å². The van der Waals surface area contributed by atoms with Crippen LogP contribution >= 0.6 is 0 Å². The molecule has 2 rings (SSSR count). The van der Waals surface area contributed by atoms with Gasteiger partial charge in [0, 0.05) is 25.2 Å².